The molecule has 0 fully saturated rings. The van der Waals surface area contributed by atoms with Crippen molar-refractivity contribution in [1.29, 1.82) is 0 Å². The van der Waals surface area contributed by atoms with E-state index in [1.165, 1.54) is 0 Å². The smallest absolute Gasteiger partial charge is 0.237 e. The second-order valence-corrected chi connectivity index (χ2v) is 3.92. The molecule has 0 spiro atoms. The van der Waals surface area contributed by atoms with E-state index in [0.717, 1.165) is 0 Å². The number of rotatable bonds is 5. The van der Waals surface area contributed by atoms with E-state index in [4.69, 9.17) is 4.74 Å². The van der Waals surface area contributed by atoms with Crippen LogP contribution in [0, 0.1) is 0 Å². The van der Waals surface area contributed by atoms with Gasteiger partial charge in [-0.25, -0.2) is 0 Å². The van der Waals surface area contributed by atoms with Gasteiger partial charge in [-0.15, -0.1) is 0 Å². The first-order chi connectivity index (χ1) is 7.13. The Bertz CT molecular complexity index is 325. The normalized spacial score (nSPS) is 12.5. The zero-order valence-corrected chi connectivity index (χ0v) is 9.70. The van der Waals surface area contributed by atoms with Crippen molar-refractivity contribution in [2.24, 2.45) is 0 Å². The zero-order valence-electron chi connectivity index (χ0n) is 8.80. The number of methoxy groups -OCH3 is 1. The maximum absolute atomic E-state index is 11.3. The van der Waals surface area contributed by atoms with Crippen LogP contribution in [0.5, 0.6) is 0 Å². The van der Waals surface area contributed by atoms with E-state index >= 15 is 0 Å². The number of anilines is 1. The lowest BCUT2D eigenvalue weighted by atomic mass is 10.4. The number of nitrogens with one attached hydrogen (secondary N) is 1. The van der Waals surface area contributed by atoms with Gasteiger partial charge in [0.05, 0.1) is 30.3 Å². The van der Waals surface area contributed by atoms with Crippen molar-refractivity contribution >= 4 is 24.2 Å². The minimum Gasteiger partial charge on any atom is -0.383 e. The highest BCUT2D eigenvalue weighted by Gasteiger charge is 2.08. The number of aromatic nitrogens is 2. The van der Waals surface area contributed by atoms with Crippen LogP contribution in [0.1, 0.15) is 6.92 Å². The molecule has 1 amide bonds. The van der Waals surface area contributed by atoms with Crippen LogP contribution < -0.4 is 5.32 Å². The highest BCUT2D eigenvalue weighted by atomic mass is 32.1. The fourth-order valence-electron chi connectivity index (χ4n) is 0.982. The summed E-state index contributed by atoms with van der Waals surface area (Å²) in [6, 6.07) is 0. The lowest BCUT2D eigenvalue weighted by Crippen LogP contribution is -2.20. The second-order valence-electron chi connectivity index (χ2n) is 3.15. The summed E-state index contributed by atoms with van der Waals surface area (Å²) in [5, 5.41) is 6.44. The number of carbonyl (C=O) groups excluding carboxylic acids is 1. The van der Waals surface area contributed by atoms with E-state index in [-0.39, 0.29) is 11.2 Å². The molecule has 5 nitrogen and oxygen atoms in total. The Kier molecular flexibility index (Phi) is 4.64. The fourth-order valence-corrected chi connectivity index (χ4v) is 1.05. The zero-order chi connectivity index (χ0) is 11.3. The summed E-state index contributed by atoms with van der Waals surface area (Å²) in [4.78, 5) is 11.3. The fraction of sp³-hybridized carbons (Fsp3) is 0.556. The molecule has 1 heterocycles. The summed E-state index contributed by atoms with van der Waals surface area (Å²) in [5.41, 5.74) is 0.678. The van der Waals surface area contributed by atoms with Gasteiger partial charge in [-0.1, -0.05) is 0 Å². The van der Waals surface area contributed by atoms with Crippen LogP contribution in [0.3, 0.4) is 0 Å². The predicted molar refractivity (Wildman–Crippen MR) is 61.2 cm³/mol. The number of nitrogens with zero attached hydrogens (tertiary/aromatic N) is 2. The summed E-state index contributed by atoms with van der Waals surface area (Å²) < 4.78 is 6.62. The van der Waals surface area contributed by atoms with Gasteiger partial charge in [-0.3, -0.25) is 9.48 Å². The Morgan fingerprint density at radius 2 is 2.53 bits per heavy atom. The van der Waals surface area contributed by atoms with Gasteiger partial charge in [-0.2, -0.15) is 17.7 Å². The molecule has 0 aliphatic carbocycles. The van der Waals surface area contributed by atoms with Crippen molar-refractivity contribution in [3.05, 3.63) is 12.4 Å². The molecular formula is C9H15N3O2S. The van der Waals surface area contributed by atoms with E-state index in [1.54, 1.807) is 31.1 Å². The van der Waals surface area contributed by atoms with E-state index < -0.39 is 0 Å². The Morgan fingerprint density at radius 1 is 1.80 bits per heavy atom. The monoisotopic (exact) mass is 229 g/mol. The molecule has 0 aliphatic rings. The van der Waals surface area contributed by atoms with Gasteiger partial charge in [0, 0.05) is 13.3 Å². The highest BCUT2D eigenvalue weighted by molar-refractivity contribution is 7.81. The topological polar surface area (TPSA) is 56.1 Å². The SMILES string of the molecule is COCCn1cc(NC(=O)C(C)S)cn1. The van der Waals surface area contributed by atoms with Gasteiger partial charge in [0.2, 0.25) is 5.91 Å². The molecule has 0 bridgehead atoms. The summed E-state index contributed by atoms with van der Waals surface area (Å²) in [6.45, 7) is 2.98. The summed E-state index contributed by atoms with van der Waals surface area (Å²) in [6.07, 6.45) is 3.36. The highest BCUT2D eigenvalue weighted by Crippen LogP contribution is 2.06. The van der Waals surface area contributed by atoms with Gasteiger partial charge in [0.1, 0.15) is 0 Å². The number of amides is 1. The molecule has 1 unspecified atom stereocenters. The lowest BCUT2D eigenvalue weighted by Gasteiger charge is -2.03. The molecule has 1 aromatic heterocycles. The molecule has 1 atom stereocenters. The van der Waals surface area contributed by atoms with Crippen molar-refractivity contribution in [3.8, 4) is 0 Å². The Balaban J connectivity index is 2.49. The number of carbonyl (C=O) groups is 1. The first-order valence-electron chi connectivity index (χ1n) is 4.64. The Morgan fingerprint density at radius 3 is 3.13 bits per heavy atom. The first kappa shape index (κ1) is 12.1. The Hall–Kier alpha value is -1.01. The third-order valence-electron chi connectivity index (χ3n) is 1.80. The molecule has 1 aromatic rings. The van der Waals surface area contributed by atoms with Crippen molar-refractivity contribution in [1.82, 2.24) is 9.78 Å². The Labute approximate surface area is 94.2 Å². The van der Waals surface area contributed by atoms with Crippen LogP contribution in [0.25, 0.3) is 0 Å². The third kappa shape index (κ3) is 3.93. The number of hydrogen-bond donors (Lipinski definition) is 2. The van der Waals surface area contributed by atoms with Crippen LogP contribution in [-0.2, 0) is 16.1 Å². The molecule has 1 N–H and O–H groups in total. The van der Waals surface area contributed by atoms with Crippen LogP contribution in [0.4, 0.5) is 5.69 Å². The standard InChI is InChI=1S/C9H15N3O2S/c1-7(15)9(13)11-8-5-10-12(6-8)3-4-14-2/h5-7,15H,3-4H2,1-2H3,(H,11,13). The molecule has 0 saturated heterocycles. The van der Waals surface area contributed by atoms with Gasteiger partial charge in [0.15, 0.2) is 0 Å². The van der Waals surface area contributed by atoms with Crippen molar-refractivity contribution in [2.45, 2.75) is 18.7 Å². The molecule has 0 radical (unpaired) electrons. The van der Waals surface area contributed by atoms with Crippen molar-refractivity contribution in [2.75, 3.05) is 19.0 Å². The maximum Gasteiger partial charge on any atom is 0.237 e. The van der Waals surface area contributed by atoms with Crippen molar-refractivity contribution in [3.63, 3.8) is 0 Å². The number of thiol groups is 1. The van der Waals surface area contributed by atoms with Gasteiger partial charge >= 0.3 is 0 Å². The molecule has 1 rings (SSSR count). The number of ether oxygens (including phenoxy) is 1. The summed E-state index contributed by atoms with van der Waals surface area (Å²) in [5.74, 6) is -0.135. The van der Waals surface area contributed by atoms with E-state index in [9.17, 15) is 4.79 Å². The molecule has 0 aliphatic heterocycles. The van der Waals surface area contributed by atoms with E-state index in [1.807, 2.05) is 0 Å². The number of hydrogen-bond acceptors (Lipinski definition) is 4. The third-order valence-corrected chi connectivity index (χ3v) is 2.04. The van der Waals surface area contributed by atoms with E-state index in [2.05, 4.69) is 23.0 Å². The van der Waals surface area contributed by atoms with Crippen molar-refractivity contribution < 1.29 is 9.53 Å². The largest absolute Gasteiger partial charge is 0.383 e. The average molecular weight is 229 g/mol. The average Bonchev–Trinajstić information content (AvgIpc) is 2.62. The van der Waals surface area contributed by atoms with Gasteiger partial charge in [-0.05, 0) is 6.92 Å². The molecule has 0 saturated carbocycles. The van der Waals surface area contributed by atoms with E-state index in [0.29, 0.717) is 18.8 Å². The van der Waals surface area contributed by atoms with Crippen LogP contribution >= 0.6 is 12.6 Å². The summed E-state index contributed by atoms with van der Waals surface area (Å²) in [7, 11) is 1.63. The predicted octanol–water partition coefficient (Wildman–Crippen LogP) is 0.786. The minimum atomic E-state index is -0.327. The van der Waals surface area contributed by atoms with Crippen LogP contribution in [0.15, 0.2) is 12.4 Å². The second kappa shape index (κ2) is 5.77. The first-order valence-corrected chi connectivity index (χ1v) is 5.15. The molecule has 6 heteroatoms. The molecule has 15 heavy (non-hydrogen) atoms. The van der Waals surface area contributed by atoms with Gasteiger partial charge < -0.3 is 10.1 Å². The minimum absolute atomic E-state index is 0.135. The molecule has 84 valence electrons. The maximum atomic E-state index is 11.3. The van der Waals surface area contributed by atoms with Crippen LogP contribution in [0.2, 0.25) is 0 Å². The molecular weight excluding hydrogens is 214 g/mol. The summed E-state index contributed by atoms with van der Waals surface area (Å²) >= 11 is 4.03. The van der Waals surface area contributed by atoms with Gasteiger partial charge in [0.25, 0.3) is 0 Å². The molecule has 0 aromatic carbocycles. The van der Waals surface area contributed by atoms with Crippen LogP contribution in [-0.4, -0.2) is 34.7 Å². The quantitative estimate of drug-likeness (QED) is 0.734. The lowest BCUT2D eigenvalue weighted by molar-refractivity contribution is -0.115.